The summed E-state index contributed by atoms with van der Waals surface area (Å²) in [4.78, 5) is 11.8. The highest BCUT2D eigenvalue weighted by Crippen LogP contribution is 2.13. The number of amides is 1. The smallest absolute Gasteiger partial charge is 0.251 e. The third-order valence-corrected chi connectivity index (χ3v) is 2.41. The van der Waals surface area contributed by atoms with E-state index in [9.17, 15) is 4.79 Å². The average Bonchev–Trinajstić information content (AvgIpc) is 2.35. The monoisotopic (exact) mass is 251 g/mol. The van der Waals surface area contributed by atoms with Crippen LogP contribution in [0.25, 0.3) is 0 Å². The zero-order chi connectivity index (χ0) is 13.5. The van der Waals surface area contributed by atoms with E-state index in [1.165, 1.54) is 0 Å². The van der Waals surface area contributed by atoms with Crippen LogP contribution in [0.15, 0.2) is 24.3 Å². The lowest BCUT2D eigenvalue weighted by atomic mass is 10.1. The Bertz CT molecular complexity index is 373. The van der Waals surface area contributed by atoms with E-state index >= 15 is 0 Å². The maximum absolute atomic E-state index is 11.8. The minimum Gasteiger partial charge on any atom is -0.491 e. The van der Waals surface area contributed by atoms with Crippen molar-refractivity contribution in [3.63, 3.8) is 0 Å². The van der Waals surface area contributed by atoms with Crippen molar-refractivity contribution in [1.82, 2.24) is 5.32 Å². The molecule has 4 heteroatoms. The second-order valence-electron chi connectivity index (χ2n) is 4.69. The van der Waals surface area contributed by atoms with Crippen LogP contribution < -0.4 is 10.1 Å². The van der Waals surface area contributed by atoms with E-state index in [4.69, 9.17) is 9.84 Å². The number of carbonyl (C=O) groups is 1. The zero-order valence-electron chi connectivity index (χ0n) is 11.1. The van der Waals surface area contributed by atoms with Gasteiger partial charge in [-0.1, -0.05) is 6.92 Å². The number of ether oxygens (including phenoxy) is 1. The van der Waals surface area contributed by atoms with Gasteiger partial charge in [-0.25, -0.2) is 0 Å². The summed E-state index contributed by atoms with van der Waals surface area (Å²) in [5.41, 5.74) is 0.594. The summed E-state index contributed by atoms with van der Waals surface area (Å²) in [6.45, 7) is 6.33. The molecule has 1 atom stereocenters. The first-order valence-corrected chi connectivity index (χ1v) is 6.18. The molecule has 1 aromatic carbocycles. The molecule has 0 aromatic heterocycles. The van der Waals surface area contributed by atoms with Gasteiger partial charge in [0.15, 0.2) is 0 Å². The van der Waals surface area contributed by atoms with E-state index in [2.05, 4.69) is 5.32 Å². The van der Waals surface area contributed by atoms with Gasteiger partial charge in [0.2, 0.25) is 0 Å². The van der Waals surface area contributed by atoms with E-state index in [1.807, 2.05) is 20.8 Å². The summed E-state index contributed by atoms with van der Waals surface area (Å²) in [7, 11) is 0. The third-order valence-electron chi connectivity index (χ3n) is 2.41. The minimum absolute atomic E-state index is 0.0671. The number of rotatable bonds is 6. The summed E-state index contributed by atoms with van der Waals surface area (Å²) in [5, 5.41) is 11.6. The molecule has 0 radical (unpaired) electrons. The van der Waals surface area contributed by atoms with Gasteiger partial charge in [0, 0.05) is 18.7 Å². The number of hydrogen-bond acceptors (Lipinski definition) is 3. The summed E-state index contributed by atoms with van der Waals surface area (Å²) in [5.74, 6) is 0.689. The van der Waals surface area contributed by atoms with Crippen LogP contribution in [0.5, 0.6) is 5.75 Å². The Balaban J connectivity index is 2.53. The number of benzene rings is 1. The molecule has 0 heterocycles. The van der Waals surface area contributed by atoms with Crippen molar-refractivity contribution in [3.8, 4) is 5.75 Å². The van der Waals surface area contributed by atoms with Gasteiger partial charge < -0.3 is 15.2 Å². The second kappa shape index (κ2) is 7.01. The molecule has 0 saturated heterocycles. The Kier molecular flexibility index (Phi) is 5.65. The van der Waals surface area contributed by atoms with Gasteiger partial charge in [-0.15, -0.1) is 0 Å². The van der Waals surface area contributed by atoms with Crippen LogP contribution in [0.4, 0.5) is 0 Å². The molecule has 100 valence electrons. The van der Waals surface area contributed by atoms with Gasteiger partial charge in [0.25, 0.3) is 5.91 Å². The third kappa shape index (κ3) is 4.75. The molecule has 1 aromatic rings. The quantitative estimate of drug-likeness (QED) is 0.811. The Hall–Kier alpha value is -1.55. The van der Waals surface area contributed by atoms with Crippen molar-refractivity contribution in [2.75, 3.05) is 13.2 Å². The number of aliphatic hydroxyl groups is 1. The molecular formula is C14H21NO3. The highest BCUT2D eigenvalue weighted by atomic mass is 16.5. The lowest BCUT2D eigenvalue weighted by Crippen LogP contribution is -2.29. The first kappa shape index (κ1) is 14.5. The molecule has 1 amide bonds. The lowest BCUT2D eigenvalue weighted by Gasteiger charge is -2.11. The second-order valence-corrected chi connectivity index (χ2v) is 4.69. The van der Waals surface area contributed by atoms with Gasteiger partial charge in [-0.05, 0) is 44.0 Å². The molecule has 0 bridgehead atoms. The fourth-order valence-electron chi connectivity index (χ4n) is 1.39. The van der Waals surface area contributed by atoms with Crippen molar-refractivity contribution in [1.29, 1.82) is 0 Å². The SMILES string of the molecule is CC(CO)CNC(=O)c1ccc(OC(C)C)cc1. The fraction of sp³-hybridized carbons (Fsp3) is 0.500. The summed E-state index contributed by atoms with van der Waals surface area (Å²) in [6, 6.07) is 7.03. The van der Waals surface area contributed by atoms with E-state index < -0.39 is 0 Å². The van der Waals surface area contributed by atoms with Crippen LogP contribution in [0, 0.1) is 5.92 Å². The van der Waals surface area contributed by atoms with E-state index in [0.29, 0.717) is 12.1 Å². The van der Waals surface area contributed by atoms with Gasteiger partial charge in [0.1, 0.15) is 5.75 Å². The molecule has 0 aliphatic rings. The maximum atomic E-state index is 11.8. The van der Waals surface area contributed by atoms with Crippen LogP contribution >= 0.6 is 0 Å². The first-order valence-electron chi connectivity index (χ1n) is 6.18. The standard InChI is InChI=1S/C14H21NO3/c1-10(2)18-13-6-4-12(5-7-13)14(17)15-8-11(3)9-16/h4-7,10-11,16H,8-9H2,1-3H3,(H,15,17). The molecule has 4 nitrogen and oxygen atoms in total. The van der Waals surface area contributed by atoms with E-state index in [-0.39, 0.29) is 24.5 Å². The predicted molar refractivity (Wildman–Crippen MR) is 70.8 cm³/mol. The number of nitrogens with one attached hydrogen (secondary N) is 1. The molecule has 1 rings (SSSR count). The number of carbonyl (C=O) groups excluding carboxylic acids is 1. The minimum atomic E-state index is -0.133. The summed E-state index contributed by atoms with van der Waals surface area (Å²) < 4.78 is 5.50. The Morgan fingerprint density at radius 3 is 2.39 bits per heavy atom. The van der Waals surface area contributed by atoms with Crippen molar-refractivity contribution in [2.45, 2.75) is 26.9 Å². The Morgan fingerprint density at radius 1 is 1.28 bits per heavy atom. The maximum Gasteiger partial charge on any atom is 0.251 e. The van der Waals surface area contributed by atoms with Crippen LogP contribution in [-0.2, 0) is 0 Å². The highest BCUT2D eigenvalue weighted by Gasteiger charge is 2.07. The van der Waals surface area contributed by atoms with Crippen LogP contribution in [0.3, 0.4) is 0 Å². The first-order chi connectivity index (χ1) is 8.52. The fourth-order valence-corrected chi connectivity index (χ4v) is 1.39. The largest absolute Gasteiger partial charge is 0.491 e. The molecule has 0 saturated carbocycles. The van der Waals surface area contributed by atoms with Gasteiger partial charge in [-0.3, -0.25) is 4.79 Å². The number of hydrogen-bond donors (Lipinski definition) is 2. The van der Waals surface area contributed by atoms with Crippen molar-refractivity contribution >= 4 is 5.91 Å². The van der Waals surface area contributed by atoms with Gasteiger partial charge >= 0.3 is 0 Å². The van der Waals surface area contributed by atoms with Crippen LogP contribution in [0.1, 0.15) is 31.1 Å². The van der Waals surface area contributed by atoms with Gasteiger partial charge in [0.05, 0.1) is 6.10 Å². The average molecular weight is 251 g/mol. The van der Waals surface area contributed by atoms with Crippen LogP contribution in [-0.4, -0.2) is 30.3 Å². The van der Waals surface area contributed by atoms with Crippen molar-refractivity contribution in [2.24, 2.45) is 5.92 Å². The molecule has 0 aliphatic heterocycles. The normalized spacial score (nSPS) is 12.3. The van der Waals surface area contributed by atoms with Crippen molar-refractivity contribution in [3.05, 3.63) is 29.8 Å². The predicted octanol–water partition coefficient (Wildman–Crippen LogP) is 1.83. The highest BCUT2D eigenvalue weighted by molar-refractivity contribution is 5.94. The molecule has 18 heavy (non-hydrogen) atoms. The molecule has 0 aliphatic carbocycles. The van der Waals surface area contributed by atoms with Crippen LogP contribution in [0.2, 0.25) is 0 Å². The number of aliphatic hydroxyl groups excluding tert-OH is 1. The van der Waals surface area contributed by atoms with Gasteiger partial charge in [-0.2, -0.15) is 0 Å². The lowest BCUT2D eigenvalue weighted by molar-refractivity contribution is 0.0942. The van der Waals surface area contributed by atoms with E-state index in [1.54, 1.807) is 24.3 Å². The Labute approximate surface area is 108 Å². The van der Waals surface area contributed by atoms with Crippen molar-refractivity contribution < 1.29 is 14.6 Å². The molecular weight excluding hydrogens is 230 g/mol. The van der Waals surface area contributed by atoms with E-state index in [0.717, 1.165) is 5.75 Å². The Morgan fingerprint density at radius 2 is 1.89 bits per heavy atom. The topological polar surface area (TPSA) is 58.6 Å². The molecule has 0 fully saturated rings. The molecule has 2 N–H and O–H groups in total. The molecule has 1 unspecified atom stereocenters. The zero-order valence-corrected chi connectivity index (χ0v) is 11.1. The molecule has 0 spiro atoms. The summed E-state index contributed by atoms with van der Waals surface area (Å²) in [6.07, 6.45) is 0.120. The summed E-state index contributed by atoms with van der Waals surface area (Å²) >= 11 is 0.